The Labute approximate surface area is 116 Å². The van der Waals surface area contributed by atoms with Crippen molar-refractivity contribution >= 4 is 6.01 Å². The fourth-order valence-electron chi connectivity index (χ4n) is 2.06. The van der Waals surface area contributed by atoms with Crippen LogP contribution in [0, 0.1) is 0 Å². The Morgan fingerprint density at radius 2 is 1.95 bits per heavy atom. The summed E-state index contributed by atoms with van der Waals surface area (Å²) in [6, 6.07) is 1.52. The zero-order valence-corrected chi connectivity index (χ0v) is 12.3. The third kappa shape index (κ3) is 4.86. The van der Waals surface area contributed by atoms with Crippen LogP contribution in [0.5, 0.6) is 0 Å². The molecule has 1 aromatic rings. The molecule has 1 heterocycles. The van der Waals surface area contributed by atoms with Crippen LogP contribution in [0.25, 0.3) is 0 Å². The van der Waals surface area contributed by atoms with Crippen LogP contribution in [0.2, 0.25) is 0 Å². The van der Waals surface area contributed by atoms with Gasteiger partial charge >= 0.3 is 0 Å². The third-order valence-corrected chi connectivity index (χ3v) is 3.52. The van der Waals surface area contributed by atoms with Crippen LogP contribution < -0.4 is 10.2 Å². The van der Waals surface area contributed by atoms with E-state index in [4.69, 9.17) is 4.42 Å². The molecule has 4 heteroatoms. The molecule has 4 nitrogen and oxygen atoms in total. The lowest BCUT2D eigenvalue weighted by Crippen LogP contribution is -2.26. The zero-order chi connectivity index (χ0) is 13.5. The summed E-state index contributed by atoms with van der Waals surface area (Å²) in [5, 5.41) is 3.47. The van der Waals surface area contributed by atoms with Crippen molar-refractivity contribution in [2.45, 2.75) is 65.0 Å². The number of hydrogen-bond acceptors (Lipinski definition) is 4. The van der Waals surface area contributed by atoms with Crippen molar-refractivity contribution in [2.24, 2.45) is 0 Å². The van der Waals surface area contributed by atoms with Crippen LogP contribution in [0.15, 0.2) is 10.7 Å². The maximum absolute atomic E-state index is 5.65. The van der Waals surface area contributed by atoms with Crippen molar-refractivity contribution in [3.05, 3.63) is 12.0 Å². The first-order chi connectivity index (χ1) is 9.33. The van der Waals surface area contributed by atoms with E-state index < -0.39 is 0 Å². The second-order valence-electron chi connectivity index (χ2n) is 5.47. The number of nitrogens with one attached hydrogen (secondary N) is 1. The van der Waals surface area contributed by atoms with Crippen LogP contribution in [0.4, 0.5) is 6.01 Å². The zero-order valence-electron chi connectivity index (χ0n) is 12.3. The molecule has 0 amide bonds. The molecule has 1 aromatic heterocycles. The first-order valence-electron chi connectivity index (χ1n) is 7.76. The summed E-state index contributed by atoms with van der Waals surface area (Å²) < 4.78 is 5.65. The molecule has 1 saturated carbocycles. The molecule has 0 aliphatic heterocycles. The summed E-state index contributed by atoms with van der Waals surface area (Å²) in [4.78, 5) is 6.90. The fraction of sp³-hybridized carbons (Fsp3) is 0.800. The van der Waals surface area contributed by atoms with E-state index in [1.807, 2.05) is 0 Å². The minimum absolute atomic E-state index is 0.719. The van der Waals surface area contributed by atoms with Gasteiger partial charge in [0.15, 0.2) is 0 Å². The average Bonchev–Trinajstić information content (AvgIpc) is 3.14. The van der Waals surface area contributed by atoms with Gasteiger partial charge in [0.05, 0.1) is 5.69 Å². The Hall–Kier alpha value is -1.03. The van der Waals surface area contributed by atoms with Gasteiger partial charge in [-0.1, -0.05) is 26.7 Å². The van der Waals surface area contributed by atoms with Crippen LogP contribution in [-0.4, -0.2) is 24.1 Å². The number of aromatic nitrogens is 1. The molecule has 108 valence electrons. The molecule has 1 aliphatic carbocycles. The lowest BCUT2D eigenvalue weighted by molar-refractivity contribution is 0.520. The summed E-state index contributed by atoms with van der Waals surface area (Å²) in [6.45, 7) is 7.37. The predicted molar refractivity (Wildman–Crippen MR) is 78.4 cm³/mol. The molecular weight excluding hydrogens is 238 g/mol. The Morgan fingerprint density at radius 1 is 1.26 bits per heavy atom. The second kappa shape index (κ2) is 7.53. The predicted octanol–water partition coefficient (Wildman–Crippen LogP) is 3.33. The van der Waals surface area contributed by atoms with Crippen molar-refractivity contribution in [3.8, 4) is 0 Å². The quantitative estimate of drug-likeness (QED) is 0.704. The molecule has 0 bridgehead atoms. The van der Waals surface area contributed by atoms with Gasteiger partial charge in [-0.3, -0.25) is 0 Å². The van der Waals surface area contributed by atoms with E-state index in [-0.39, 0.29) is 0 Å². The Kier molecular flexibility index (Phi) is 5.70. The molecule has 1 N–H and O–H groups in total. The number of nitrogens with zero attached hydrogens (tertiary/aromatic N) is 2. The molecule has 0 spiro atoms. The SMILES string of the molecule is CCCCN(CCCC)c1nc(CNC2CC2)co1. The summed E-state index contributed by atoms with van der Waals surface area (Å²) in [7, 11) is 0. The van der Waals surface area contributed by atoms with E-state index in [2.05, 4.69) is 29.0 Å². The van der Waals surface area contributed by atoms with Gasteiger partial charge in [-0.2, -0.15) is 4.98 Å². The molecule has 0 aromatic carbocycles. The Bertz CT molecular complexity index is 352. The van der Waals surface area contributed by atoms with E-state index in [0.29, 0.717) is 0 Å². The van der Waals surface area contributed by atoms with Gasteiger partial charge in [0, 0.05) is 25.7 Å². The lowest BCUT2D eigenvalue weighted by atomic mass is 10.3. The van der Waals surface area contributed by atoms with E-state index in [1.165, 1.54) is 38.5 Å². The number of oxazole rings is 1. The highest BCUT2D eigenvalue weighted by atomic mass is 16.4. The molecule has 1 aliphatic rings. The topological polar surface area (TPSA) is 41.3 Å². The van der Waals surface area contributed by atoms with Gasteiger partial charge in [-0.15, -0.1) is 0 Å². The maximum Gasteiger partial charge on any atom is 0.297 e. The minimum atomic E-state index is 0.719. The largest absolute Gasteiger partial charge is 0.432 e. The monoisotopic (exact) mass is 265 g/mol. The van der Waals surface area contributed by atoms with Gasteiger partial charge in [-0.05, 0) is 25.7 Å². The fourth-order valence-corrected chi connectivity index (χ4v) is 2.06. The van der Waals surface area contributed by atoms with Gasteiger partial charge < -0.3 is 14.6 Å². The standard InChI is InChI=1S/C15H27N3O/c1-3-5-9-18(10-6-4-2)15-17-14(12-19-15)11-16-13-7-8-13/h12-13,16H,3-11H2,1-2H3. The summed E-state index contributed by atoms with van der Waals surface area (Å²) in [5.74, 6) is 0. The van der Waals surface area contributed by atoms with Crippen LogP contribution >= 0.6 is 0 Å². The first kappa shape index (κ1) is 14.4. The highest BCUT2D eigenvalue weighted by molar-refractivity contribution is 5.26. The molecule has 19 heavy (non-hydrogen) atoms. The molecule has 0 unspecified atom stereocenters. The van der Waals surface area contributed by atoms with E-state index in [0.717, 1.165) is 37.4 Å². The molecule has 0 radical (unpaired) electrons. The molecule has 0 saturated heterocycles. The molecule has 2 rings (SSSR count). The minimum Gasteiger partial charge on any atom is -0.432 e. The molecule has 0 atom stereocenters. The number of anilines is 1. The molecular formula is C15H27N3O. The number of rotatable bonds is 10. The Morgan fingerprint density at radius 3 is 2.53 bits per heavy atom. The van der Waals surface area contributed by atoms with Crippen molar-refractivity contribution in [2.75, 3.05) is 18.0 Å². The average molecular weight is 265 g/mol. The summed E-state index contributed by atoms with van der Waals surface area (Å²) in [6.07, 6.45) is 9.23. The summed E-state index contributed by atoms with van der Waals surface area (Å²) in [5.41, 5.74) is 1.03. The van der Waals surface area contributed by atoms with Crippen molar-refractivity contribution in [1.29, 1.82) is 0 Å². The second-order valence-corrected chi connectivity index (χ2v) is 5.47. The summed E-state index contributed by atoms with van der Waals surface area (Å²) >= 11 is 0. The highest BCUT2D eigenvalue weighted by Gasteiger charge is 2.21. The maximum atomic E-state index is 5.65. The number of hydrogen-bond donors (Lipinski definition) is 1. The van der Waals surface area contributed by atoms with Gasteiger partial charge in [-0.25, -0.2) is 0 Å². The van der Waals surface area contributed by atoms with Gasteiger partial charge in [0.1, 0.15) is 6.26 Å². The Balaban J connectivity index is 1.86. The van der Waals surface area contributed by atoms with Gasteiger partial charge in [0.2, 0.25) is 0 Å². The number of unbranched alkanes of at least 4 members (excludes halogenated alkanes) is 2. The first-order valence-corrected chi connectivity index (χ1v) is 7.76. The highest BCUT2D eigenvalue weighted by Crippen LogP contribution is 2.20. The lowest BCUT2D eigenvalue weighted by Gasteiger charge is -2.19. The third-order valence-electron chi connectivity index (χ3n) is 3.52. The molecule has 1 fully saturated rings. The van der Waals surface area contributed by atoms with E-state index >= 15 is 0 Å². The van der Waals surface area contributed by atoms with E-state index in [1.54, 1.807) is 6.26 Å². The van der Waals surface area contributed by atoms with Gasteiger partial charge in [0.25, 0.3) is 6.01 Å². The van der Waals surface area contributed by atoms with Crippen molar-refractivity contribution < 1.29 is 4.42 Å². The van der Waals surface area contributed by atoms with Crippen molar-refractivity contribution in [3.63, 3.8) is 0 Å². The van der Waals surface area contributed by atoms with Crippen LogP contribution in [-0.2, 0) is 6.54 Å². The van der Waals surface area contributed by atoms with E-state index in [9.17, 15) is 0 Å². The smallest absolute Gasteiger partial charge is 0.297 e. The van der Waals surface area contributed by atoms with Crippen molar-refractivity contribution in [1.82, 2.24) is 10.3 Å². The normalized spacial score (nSPS) is 14.8. The van der Waals surface area contributed by atoms with Crippen LogP contribution in [0.1, 0.15) is 58.1 Å². The van der Waals surface area contributed by atoms with Crippen LogP contribution in [0.3, 0.4) is 0 Å².